The van der Waals surface area contributed by atoms with Crippen molar-refractivity contribution in [1.82, 2.24) is 9.88 Å². The number of nitrogens with two attached hydrogens (primary N) is 1. The fraction of sp³-hybridized carbons (Fsp3) is 0.385. The van der Waals surface area contributed by atoms with Crippen LogP contribution in [0.4, 0.5) is 13.2 Å². The quantitative estimate of drug-likeness (QED) is 0.301. The molecule has 9 heteroatoms. The van der Waals surface area contributed by atoms with E-state index in [1.807, 2.05) is 19.1 Å². The number of aromatic amines is 1. The summed E-state index contributed by atoms with van der Waals surface area (Å²) in [7, 11) is 0. The van der Waals surface area contributed by atoms with E-state index in [4.69, 9.17) is 10.5 Å². The second-order valence-electron chi connectivity index (χ2n) is 8.85. The molecule has 3 N–H and O–H groups in total. The van der Waals surface area contributed by atoms with Gasteiger partial charge in [-0.25, -0.2) is 14.4 Å². The van der Waals surface area contributed by atoms with Crippen molar-refractivity contribution in [1.29, 1.82) is 0 Å². The van der Waals surface area contributed by atoms with Crippen molar-refractivity contribution in [3.63, 3.8) is 0 Å². The van der Waals surface area contributed by atoms with Gasteiger partial charge in [0.15, 0.2) is 11.7 Å². The Morgan fingerprint density at radius 1 is 1.14 bits per heavy atom. The minimum absolute atomic E-state index is 0.0267. The normalized spacial score (nSPS) is 17.7. The minimum atomic E-state index is -3.60. The summed E-state index contributed by atoms with van der Waals surface area (Å²) >= 11 is 0. The highest BCUT2D eigenvalue weighted by atomic mass is 19.3. The van der Waals surface area contributed by atoms with Crippen LogP contribution in [0.2, 0.25) is 0 Å². The molecule has 0 unspecified atom stereocenters. The maximum atomic E-state index is 14.9. The summed E-state index contributed by atoms with van der Waals surface area (Å²) < 4.78 is 48.8. The average molecular weight is 486 g/mol. The summed E-state index contributed by atoms with van der Waals surface area (Å²) in [4.78, 5) is 13.8. The first-order valence-corrected chi connectivity index (χ1v) is 11.8. The smallest absolute Gasteiger partial charge is 0.329 e. The van der Waals surface area contributed by atoms with Gasteiger partial charge in [-0.3, -0.25) is 0 Å². The molecule has 1 saturated heterocycles. The molecule has 2 aliphatic rings. The van der Waals surface area contributed by atoms with Gasteiger partial charge < -0.3 is 20.4 Å². The second-order valence-corrected chi connectivity index (χ2v) is 8.85. The fourth-order valence-corrected chi connectivity index (χ4v) is 4.00. The van der Waals surface area contributed by atoms with Crippen LogP contribution in [-0.4, -0.2) is 47.8 Å². The predicted molar refractivity (Wildman–Crippen MR) is 131 cm³/mol. The van der Waals surface area contributed by atoms with Crippen LogP contribution in [0.1, 0.15) is 43.0 Å². The lowest BCUT2D eigenvalue weighted by atomic mass is 10.1. The zero-order chi connectivity index (χ0) is 24.8. The van der Waals surface area contributed by atoms with Crippen molar-refractivity contribution in [2.45, 2.75) is 38.7 Å². The molecule has 0 spiro atoms. The number of piperidine rings is 1. The number of likely N-dealkylation sites (tertiary alicyclic amines) is 1. The van der Waals surface area contributed by atoms with E-state index in [1.54, 1.807) is 12.3 Å². The van der Waals surface area contributed by atoms with Crippen molar-refractivity contribution < 1.29 is 17.9 Å². The second kappa shape index (κ2) is 11.0. The lowest BCUT2D eigenvalue weighted by Gasteiger charge is -2.26. The highest BCUT2D eigenvalue weighted by Crippen LogP contribution is 2.29. The Hall–Kier alpha value is -3.17. The number of ether oxygens (including phenoxy) is 1. The molecule has 1 aliphatic carbocycles. The third kappa shape index (κ3) is 6.49. The molecule has 0 saturated carbocycles. The van der Waals surface area contributed by atoms with Gasteiger partial charge in [-0.05, 0) is 86.5 Å². The zero-order valence-electron chi connectivity index (χ0n) is 19.7. The molecule has 0 bridgehead atoms. The van der Waals surface area contributed by atoms with E-state index in [-0.39, 0.29) is 5.84 Å². The summed E-state index contributed by atoms with van der Waals surface area (Å²) in [5, 5.41) is 0. The molecule has 4 rings (SSSR count). The maximum Gasteiger partial charge on any atom is 0.329 e. The van der Waals surface area contributed by atoms with Gasteiger partial charge in [-0.2, -0.15) is 8.78 Å². The predicted octanol–water partition coefficient (Wildman–Crippen LogP) is 4.90. The molecule has 2 aromatic rings. The van der Waals surface area contributed by atoms with Crippen LogP contribution in [0.3, 0.4) is 0 Å². The molecular formula is C26H30F3N5O. The Bertz CT molecular complexity index is 1140. The van der Waals surface area contributed by atoms with Crippen LogP contribution in [0.25, 0.3) is 0 Å². The molecule has 0 amide bonds. The fourth-order valence-electron chi connectivity index (χ4n) is 4.00. The Morgan fingerprint density at radius 3 is 2.54 bits per heavy atom. The molecule has 1 aliphatic heterocycles. The van der Waals surface area contributed by atoms with Gasteiger partial charge >= 0.3 is 5.92 Å². The molecule has 186 valence electrons. The van der Waals surface area contributed by atoms with Crippen LogP contribution in [0, 0.1) is 5.82 Å². The van der Waals surface area contributed by atoms with Crippen LogP contribution >= 0.6 is 0 Å². The van der Waals surface area contributed by atoms with E-state index < -0.39 is 23.1 Å². The van der Waals surface area contributed by atoms with Gasteiger partial charge in [0.1, 0.15) is 5.82 Å². The third-order valence-corrected chi connectivity index (χ3v) is 5.99. The first-order chi connectivity index (χ1) is 16.8. The number of H-pyrrole nitrogens is 1. The van der Waals surface area contributed by atoms with E-state index in [9.17, 15) is 13.2 Å². The number of rotatable bonds is 9. The number of alkyl halides is 2. The Labute approximate surface area is 203 Å². The molecule has 0 atom stereocenters. The molecule has 1 fully saturated rings. The third-order valence-electron chi connectivity index (χ3n) is 5.99. The van der Waals surface area contributed by atoms with Crippen molar-refractivity contribution in [3.8, 4) is 0 Å². The summed E-state index contributed by atoms with van der Waals surface area (Å²) in [6.45, 7) is 6.03. The number of allylic oxidation sites excluding steroid dienone is 3. The minimum Gasteiger partial charge on any atom is -0.382 e. The number of nitrogens with zero attached hydrogens (tertiary/aromatic N) is 3. The first kappa shape index (κ1) is 24.9. The standard InChI is InChI=1S/C26H30F3N5O/c1-18-13-22(14-18)32-24(33-25(30)26(28,29)20-5-7-21(27)8-6-20)23-15-19(16-31-23)17-35-12-11-34-9-3-2-4-10-34/h5-8,13-16,31H,2-4,9-12,17H2,1H3,(H2,30,32,33). The molecular weight excluding hydrogens is 455 g/mol. The highest BCUT2D eigenvalue weighted by Gasteiger charge is 2.37. The number of hydrogen-bond donors (Lipinski definition) is 2. The number of aromatic nitrogens is 1. The van der Waals surface area contributed by atoms with Crippen LogP contribution < -0.4 is 5.73 Å². The van der Waals surface area contributed by atoms with Crippen molar-refractivity contribution in [3.05, 3.63) is 82.6 Å². The van der Waals surface area contributed by atoms with E-state index in [0.717, 1.165) is 55.0 Å². The molecule has 1 aromatic carbocycles. The molecule has 0 radical (unpaired) electrons. The topological polar surface area (TPSA) is 79.0 Å². The molecule has 35 heavy (non-hydrogen) atoms. The van der Waals surface area contributed by atoms with Gasteiger partial charge in [0, 0.05) is 18.3 Å². The Morgan fingerprint density at radius 2 is 1.86 bits per heavy atom. The summed E-state index contributed by atoms with van der Waals surface area (Å²) in [6.07, 6.45) is 9.14. The van der Waals surface area contributed by atoms with Crippen LogP contribution in [-0.2, 0) is 17.3 Å². The first-order valence-electron chi connectivity index (χ1n) is 11.8. The number of halogens is 3. The van der Waals surface area contributed by atoms with Gasteiger partial charge in [0.2, 0.25) is 0 Å². The Kier molecular flexibility index (Phi) is 7.87. The lowest BCUT2D eigenvalue weighted by molar-refractivity contribution is 0.0745. The number of aliphatic imine (C=N–C) groups is 2. The number of hydrogen-bond acceptors (Lipinski definition) is 3. The van der Waals surface area contributed by atoms with Gasteiger partial charge in [-0.1, -0.05) is 6.42 Å². The SMILES string of the molecule is CC1=CC(N=C(N=C(N)C(F)(F)c2ccc(F)cc2)c2cc(COCCN3CCCCC3)c[nH]2)=C1. The highest BCUT2D eigenvalue weighted by molar-refractivity contribution is 6.07. The monoisotopic (exact) mass is 485 g/mol. The van der Waals surface area contributed by atoms with Crippen LogP contribution in [0.5, 0.6) is 0 Å². The molecule has 1 aromatic heterocycles. The van der Waals surface area contributed by atoms with E-state index >= 15 is 0 Å². The maximum absolute atomic E-state index is 14.9. The largest absolute Gasteiger partial charge is 0.382 e. The molecule has 6 nitrogen and oxygen atoms in total. The summed E-state index contributed by atoms with van der Waals surface area (Å²) in [5.41, 5.74) is 8.21. The van der Waals surface area contributed by atoms with Crippen molar-refractivity contribution >= 4 is 11.7 Å². The van der Waals surface area contributed by atoms with Crippen molar-refractivity contribution in [2.24, 2.45) is 15.7 Å². The lowest BCUT2D eigenvalue weighted by Crippen LogP contribution is -2.34. The van der Waals surface area contributed by atoms with Gasteiger partial charge in [0.05, 0.1) is 24.6 Å². The van der Waals surface area contributed by atoms with E-state index in [0.29, 0.717) is 24.6 Å². The summed E-state index contributed by atoms with van der Waals surface area (Å²) in [5.74, 6) is -5.11. The Balaban J connectivity index is 1.47. The van der Waals surface area contributed by atoms with Crippen molar-refractivity contribution in [2.75, 3.05) is 26.2 Å². The molecule has 2 heterocycles. The number of benzene rings is 1. The number of amidine groups is 2. The van der Waals surface area contributed by atoms with Gasteiger partial charge in [-0.15, -0.1) is 0 Å². The van der Waals surface area contributed by atoms with E-state index in [1.165, 1.54) is 19.3 Å². The average Bonchev–Trinajstić information content (AvgIpc) is 3.30. The van der Waals surface area contributed by atoms with Crippen LogP contribution in [0.15, 0.2) is 69.9 Å². The summed E-state index contributed by atoms with van der Waals surface area (Å²) in [6, 6.07) is 5.66. The van der Waals surface area contributed by atoms with Gasteiger partial charge in [0.25, 0.3) is 0 Å². The van der Waals surface area contributed by atoms with E-state index in [2.05, 4.69) is 19.9 Å². The number of nitrogens with one attached hydrogen (secondary N) is 1. The zero-order valence-corrected chi connectivity index (χ0v) is 19.7.